The average Bonchev–Trinajstić information content (AvgIpc) is 2.75. The summed E-state index contributed by atoms with van der Waals surface area (Å²) >= 11 is 3.03. The van der Waals surface area contributed by atoms with Gasteiger partial charge >= 0.3 is 5.97 Å². The number of aliphatic hydroxyl groups is 1. The second kappa shape index (κ2) is 4.30. The number of hydrogen-bond donors (Lipinski definition) is 1. The highest BCUT2D eigenvalue weighted by molar-refractivity contribution is 7.37. The molecule has 0 aliphatic rings. The summed E-state index contributed by atoms with van der Waals surface area (Å²) in [4.78, 5) is 12.4. The van der Waals surface area contributed by atoms with E-state index in [4.69, 9.17) is 9.84 Å². The van der Waals surface area contributed by atoms with Crippen LogP contribution in [0.1, 0.15) is 22.2 Å². The Hall–Kier alpha value is -0.910. The zero-order valence-corrected chi connectivity index (χ0v) is 9.78. The summed E-state index contributed by atoms with van der Waals surface area (Å²) in [5.41, 5.74) is 0.604. The van der Waals surface area contributed by atoms with E-state index in [-0.39, 0.29) is 12.6 Å². The summed E-state index contributed by atoms with van der Waals surface area (Å²) in [5, 5.41) is 11.7. The quantitative estimate of drug-likeness (QED) is 0.842. The summed E-state index contributed by atoms with van der Waals surface area (Å²) in [6.07, 6.45) is 0. The largest absolute Gasteiger partial charge is 0.462 e. The lowest BCUT2D eigenvalue weighted by molar-refractivity contribution is 0.0529. The van der Waals surface area contributed by atoms with Crippen molar-refractivity contribution >= 4 is 38.0 Å². The predicted octanol–water partition coefficient (Wildman–Crippen LogP) is 2.63. The molecule has 0 saturated heterocycles. The van der Waals surface area contributed by atoms with Crippen LogP contribution in [0.2, 0.25) is 0 Å². The van der Waals surface area contributed by atoms with E-state index in [0.717, 1.165) is 14.3 Å². The second-order valence-corrected chi connectivity index (χ2v) is 5.22. The predicted molar refractivity (Wildman–Crippen MR) is 61.6 cm³/mol. The Morgan fingerprint density at radius 3 is 3.07 bits per heavy atom. The molecule has 5 heteroatoms. The maximum atomic E-state index is 11.5. The van der Waals surface area contributed by atoms with Gasteiger partial charge in [-0.3, -0.25) is 0 Å². The van der Waals surface area contributed by atoms with Gasteiger partial charge in [-0.05, 0) is 13.0 Å². The first kappa shape index (κ1) is 10.6. The highest BCUT2D eigenvalue weighted by Crippen LogP contribution is 2.34. The van der Waals surface area contributed by atoms with Crippen LogP contribution in [0.25, 0.3) is 9.40 Å². The number of fused-ring (bicyclic) bond motifs is 1. The van der Waals surface area contributed by atoms with Gasteiger partial charge in [-0.15, -0.1) is 22.7 Å². The topological polar surface area (TPSA) is 46.5 Å². The fourth-order valence-electron chi connectivity index (χ4n) is 1.32. The molecule has 0 bridgehead atoms. The number of carbonyl (C=O) groups is 1. The zero-order valence-electron chi connectivity index (χ0n) is 8.15. The molecule has 2 aromatic heterocycles. The van der Waals surface area contributed by atoms with Gasteiger partial charge in [0.2, 0.25) is 0 Å². The Morgan fingerprint density at radius 1 is 1.60 bits per heavy atom. The maximum absolute atomic E-state index is 11.5. The minimum Gasteiger partial charge on any atom is -0.462 e. The lowest BCUT2D eigenvalue weighted by Crippen LogP contribution is -2.02. The molecular weight excluding hydrogens is 232 g/mol. The van der Waals surface area contributed by atoms with Crippen molar-refractivity contribution in [3.63, 3.8) is 0 Å². The third-order valence-electron chi connectivity index (χ3n) is 1.97. The standard InChI is InChI=1S/C10H10O3S2/c1-2-13-9(12)8-5-14-10-7(8)3-6(4-11)15-10/h3,5,11H,2,4H2,1H3. The van der Waals surface area contributed by atoms with Crippen molar-refractivity contribution in [1.82, 2.24) is 0 Å². The van der Waals surface area contributed by atoms with Crippen molar-refractivity contribution in [3.05, 3.63) is 21.9 Å². The van der Waals surface area contributed by atoms with Crippen LogP contribution in [0.15, 0.2) is 11.4 Å². The highest BCUT2D eigenvalue weighted by Gasteiger charge is 2.15. The van der Waals surface area contributed by atoms with Crippen LogP contribution in [0.5, 0.6) is 0 Å². The molecule has 1 N–H and O–H groups in total. The van der Waals surface area contributed by atoms with E-state index >= 15 is 0 Å². The second-order valence-electron chi connectivity index (χ2n) is 2.94. The number of aliphatic hydroxyl groups excluding tert-OH is 1. The van der Waals surface area contributed by atoms with Gasteiger partial charge in [-0.1, -0.05) is 0 Å². The van der Waals surface area contributed by atoms with Crippen molar-refractivity contribution < 1.29 is 14.6 Å². The lowest BCUT2D eigenvalue weighted by Gasteiger charge is -1.97. The molecule has 0 aliphatic carbocycles. The normalized spacial score (nSPS) is 10.8. The van der Waals surface area contributed by atoms with E-state index in [1.54, 1.807) is 12.3 Å². The van der Waals surface area contributed by atoms with Crippen molar-refractivity contribution in [1.29, 1.82) is 0 Å². The molecule has 0 saturated carbocycles. The van der Waals surface area contributed by atoms with Gasteiger partial charge in [0.1, 0.15) is 0 Å². The number of esters is 1. The van der Waals surface area contributed by atoms with E-state index < -0.39 is 0 Å². The molecular formula is C10H10O3S2. The zero-order chi connectivity index (χ0) is 10.8. The molecule has 0 atom stereocenters. The molecule has 15 heavy (non-hydrogen) atoms. The Labute approximate surface area is 94.9 Å². The van der Waals surface area contributed by atoms with Crippen molar-refractivity contribution in [2.45, 2.75) is 13.5 Å². The first-order chi connectivity index (χ1) is 7.26. The molecule has 0 spiro atoms. The smallest absolute Gasteiger partial charge is 0.339 e. The molecule has 0 amide bonds. The van der Waals surface area contributed by atoms with Crippen LogP contribution in [0, 0.1) is 0 Å². The third-order valence-corrected chi connectivity index (χ3v) is 4.21. The van der Waals surface area contributed by atoms with E-state index in [0.29, 0.717) is 12.2 Å². The van der Waals surface area contributed by atoms with Crippen LogP contribution in [-0.2, 0) is 11.3 Å². The van der Waals surface area contributed by atoms with Gasteiger partial charge in [0.25, 0.3) is 0 Å². The molecule has 0 radical (unpaired) electrons. The number of carbonyl (C=O) groups excluding carboxylic acids is 1. The Kier molecular flexibility index (Phi) is 3.04. The monoisotopic (exact) mass is 242 g/mol. The van der Waals surface area contributed by atoms with Crippen LogP contribution < -0.4 is 0 Å². The molecule has 0 aromatic carbocycles. The molecule has 2 rings (SSSR count). The molecule has 2 aromatic rings. The average molecular weight is 242 g/mol. The maximum Gasteiger partial charge on any atom is 0.339 e. The number of ether oxygens (including phenoxy) is 1. The third kappa shape index (κ3) is 1.90. The SMILES string of the molecule is CCOC(=O)c1csc2sc(CO)cc12. The van der Waals surface area contributed by atoms with Crippen LogP contribution in [0.3, 0.4) is 0 Å². The number of thiophene rings is 2. The Balaban J connectivity index is 2.42. The Morgan fingerprint density at radius 2 is 2.40 bits per heavy atom. The van der Waals surface area contributed by atoms with Crippen LogP contribution in [0.4, 0.5) is 0 Å². The molecule has 0 aliphatic heterocycles. The van der Waals surface area contributed by atoms with E-state index in [9.17, 15) is 4.79 Å². The highest BCUT2D eigenvalue weighted by atomic mass is 32.2. The molecule has 80 valence electrons. The first-order valence-electron chi connectivity index (χ1n) is 4.54. The number of hydrogen-bond acceptors (Lipinski definition) is 5. The van der Waals surface area contributed by atoms with E-state index in [1.807, 2.05) is 6.07 Å². The van der Waals surface area contributed by atoms with Crippen LogP contribution >= 0.6 is 22.7 Å². The van der Waals surface area contributed by atoms with Crippen LogP contribution in [-0.4, -0.2) is 17.7 Å². The first-order valence-corrected chi connectivity index (χ1v) is 6.23. The molecule has 2 heterocycles. The van der Waals surface area contributed by atoms with Crippen molar-refractivity contribution in [2.24, 2.45) is 0 Å². The summed E-state index contributed by atoms with van der Waals surface area (Å²) in [5.74, 6) is -0.286. The summed E-state index contributed by atoms with van der Waals surface area (Å²) in [6, 6.07) is 1.85. The fourth-order valence-corrected chi connectivity index (χ4v) is 3.48. The fraction of sp³-hybridized carbons (Fsp3) is 0.300. The summed E-state index contributed by atoms with van der Waals surface area (Å²) in [7, 11) is 0. The minimum absolute atomic E-state index is 0.0222. The van der Waals surface area contributed by atoms with E-state index in [2.05, 4.69) is 0 Å². The van der Waals surface area contributed by atoms with Gasteiger partial charge in [-0.25, -0.2) is 4.79 Å². The van der Waals surface area contributed by atoms with E-state index in [1.165, 1.54) is 22.7 Å². The summed E-state index contributed by atoms with van der Waals surface area (Å²) < 4.78 is 6.00. The van der Waals surface area contributed by atoms with Crippen molar-refractivity contribution in [2.75, 3.05) is 6.61 Å². The van der Waals surface area contributed by atoms with Gasteiger partial charge in [-0.2, -0.15) is 0 Å². The molecule has 0 fully saturated rings. The van der Waals surface area contributed by atoms with Gasteiger partial charge in [0.05, 0.1) is 22.8 Å². The van der Waals surface area contributed by atoms with Gasteiger partial charge in [0, 0.05) is 15.6 Å². The molecule has 3 nitrogen and oxygen atoms in total. The lowest BCUT2D eigenvalue weighted by atomic mass is 10.2. The van der Waals surface area contributed by atoms with Gasteiger partial charge in [0.15, 0.2) is 0 Å². The number of rotatable bonds is 3. The minimum atomic E-state index is -0.286. The van der Waals surface area contributed by atoms with Crippen molar-refractivity contribution in [3.8, 4) is 0 Å². The van der Waals surface area contributed by atoms with Gasteiger partial charge < -0.3 is 9.84 Å². The summed E-state index contributed by atoms with van der Waals surface area (Å²) in [6.45, 7) is 2.19. The Bertz CT molecular complexity index is 484. The molecule has 0 unspecified atom stereocenters.